The number of carbonyl (C=O) groups is 1. The molecule has 1 aliphatic carbocycles. The molecule has 0 bridgehead atoms. The Morgan fingerprint density at radius 3 is 2.24 bits per heavy atom. The molecule has 1 aromatic heterocycles. The van der Waals surface area contributed by atoms with Gasteiger partial charge < -0.3 is 20.3 Å². The molecule has 0 spiro atoms. The van der Waals surface area contributed by atoms with E-state index in [9.17, 15) is 28.2 Å². The van der Waals surface area contributed by atoms with Crippen molar-refractivity contribution in [1.29, 1.82) is 0 Å². The number of benzene rings is 2. The van der Waals surface area contributed by atoms with Crippen molar-refractivity contribution in [3.63, 3.8) is 0 Å². The van der Waals surface area contributed by atoms with Gasteiger partial charge in [0.05, 0.1) is 5.56 Å². The van der Waals surface area contributed by atoms with Gasteiger partial charge in [-0.25, -0.2) is 4.79 Å². The van der Waals surface area contributed by atoms with Gasteiger partial charge in [0, 0.05) is 30.4 Å². The molecule has 3 aromatic rings. The van der Waals surface area contributed by atoms with Gasteiger partial charge in [-0.3, -0.25) is 4.98 Å². The van der Waals surface area contributed by atoms with Crippen LogP contribution in [0.4, 0.5) is 18.0 Å². The Labute approximate surface area is 187 Å². The zero-order chi connectivity index (χ0) is 23.6. The molecule has 0 aliphatic heterocycles. The molecule has 0 saturated heterocycles. The van der Waals surface area contributed by atoms with Crippen molar-refractivity contribution in [2.24, 2.45) is 0 Å². The van der Waals surface area contributed by atoms with E-state index in [-0.39, 0.29) is 12.5 Å². The molecular formula is C24H21F3N2O4. The van der Waals surface area contributed by atoms with Crippen LogP contribution in [-0.2, 0) is 10.9 Å². The van der Waals surface area contributed by atoms with Gasteiger partial charge in [-0.2, -0.15) is 13.2 Å². The molecule has 2 atom stereocenters. The van der Waals surface area contributed by atoms with Crippen LogP contribution in [0, 0.1) is 0 Å². The van der Waals surface area contributed by atoms with Crippen LogP contribution >= 0.6 is 0 Å². The highest BCUT2D eigenvalue weighted by Crippen LogP contribution is 2.44. The van der Waals surface area contributed by atoms with Gasteiger partial charge in [0.25, 0.3) is 0 Å². The van der Waals surface area contributed by atoms with E-state index in [0.29, 0.717) is 6.07 Å². The minimum Gasteiger partial charge on any atom is -0.449 e. The fourth-order valence-electron chi connectivity index (χ4n) is 4.06. The molecule has 1 aliphatic rings. The zero-order valence-electron chi connectivity index (χ0n) is 17.3. The highest BCUT2D eigenvalue weighted by Gasteiger charge is 2.36. The molecule has 0 fully saturated rings. The first kappa shape index (κ1) is 22.8. The van der Waals surface area contributed by atoms with Crippen molar-refractivity contribution in [2.75, 3.05) is 13.2 Å². The van der Waals surface area contributed by atoms with Crippen molar-refractivity contribution in [3.8, 4) is 11.1 Å². The third kappa shape index (κ3) is 4.69. The van der Waals surface area contributed by atoms with E-state index >= 15 is 0 Å². The van der Waals surface area contributed by atoms with Crippen LogP contribution < -0.4 is 5.32 Å². The Morgan fingerprint density at radius 2 is 1.64 bits per heavy atom. The standard InChI is InChI=1S/C24H21F3N2O4/c25-24(26,27)20-9-10-28-11-18(20)22(31)21(30)12-29-23(32)33-13-19-16-7-3-1-5-14(16)15-6-2-4-8-17(15)19/h1-11,19,21-22,30-31H,12-13H2,(H,29,32). The minimum absolute atomic E-state index is 0.0410. The van der Waals surface area contributed by atoms with Crippen molar-refractivity contribution in [3.05, 3.63) is 89.2 Å². The van der Waals surface area contributed by atoms with Crippen molar-refractivity contribution in [1.82, 2.24) is 10.3 Å². The lowest BCUT2D eigenvalue weighted by Gasteiger charge is -2.22. The second-order valence-electron chi connectivity index (χ2n) is 7.68. The molecule has 1 amide bonds. The van der Waals surface area contributed by atoms with E-state index in [1.54, 1.807) is 0 Å². The minimum atomic E-state index is -4.72. The Balaban J connectivity index is 1.36. The maximum Gasteiger partial charge on any atom is 0.416 e. The monoisotopic (exact) mass is 458 g/mol. The Bertz CT molecular complexity index is 1110. The number of ether oxygens (including phenoxy) is 1. The van der Waals surface area contributed by atoms with Gasteiger partial charge in [-0.1, -0.05) is 48.5 Å². The number of aliphatic hydroxyl groups excluding tert-OH is 2. The van der Waals surface area contributed by atoms with E-state index in [0.717, 1.165) is 34.6 Å². The topological polar surface area (TPSA) is 91.7 Å². The number of fused-ring (bicyclic) bond motifs is 3. The van der Waals surface area contributed by atoms with Crippen LogP contribution in [0.2, 0.25) is 0 Å². The van der Waals surface area contributed by atoms with Crippen LogP contribution in [0.25, 0.3) is 11.1 Å². The van der Waals surface area contributed by atoms with Crippen LogP contribution in [-0.4, -0.2) is 40.5 Å². The smallest absolute Gasteiger partial charge is 0.416 e. The number of pyridine rings is 1. The molecule has 4 rings (SSSR count). The van der Waals surface area contributed by atoms with Gasteiger partial charge in [-0.05, 0) is 28.3 Å². The van der Waals surface area contributed by atoms with Gasteiger partial charge in [-0.15, -0.1) is 0 Å². The van der Waals surface area contributed by atoms with Crippen LogP contribution in [0.15, 0.2) is 67.0 Å². The number of rotatable bonds is 6. The largest absolute Gasteiger partial charge is 0.449 e. The SMILES string of the molecule is O=C(NCC(O)C(O)c1cnccc1C(F)(F)F)OCC1c2ccccc2-c2ccccc21. The summed E-state index contributed by atoms with van der Waals surface area (Å²) in [6, 6.07) is 16.3. The number of aliphatic hydroxyl groups is 2. The number of nitrogens with one attached hydrogen (secondary N) is 1. The number of amides is 1. The van der Waals surface area contributed by atoms with Crippen LogP contribution in [0.5, 0.6) is 0 Å². The molecule has 1 heterocycles. The van der Waals surface area contributed by atoms with Crippen LogP contribution in [0.3, 0.4) is 0 Å². The van der Waals surface area contributed by atoms with Crippen molar-refractivity contribution in [2.45, 2.75) is 24.3 Å². The number of halogens is 3. The average Bonchev–Trinajstić information content (AvgIpc) is 3.14. The highest BCUT2D eigenvalue weighted by atomic mass is 19.4. The average molecular weight is 458 g/mol. The second-order valence-corrected chi connectivity index (χ2v) is 7.68. The lowest BCUT2D eigenvalue weighted by Crippen LogP contribution is -2.36. The lowest BCUT2D eigenvalue weighted by atomic mass is 9.98. The molecule has 2 aromatic carbocycles. The fourth-order valence-corrected chi connectivity index (χ4v) is 4.06. The van der Waals surface area contributed by atoms with Crippen molar-refractivity contribution >= 4 is 6.09 Å². The van der Waals surface area contributed by atoms with E-state index in [4.69, 9.17) is 4.74 Å². The number of alkyl carbamates (subject to hydrolysis) is 1. The number of nitrogens with zero attached hydrogens (tertiary/aromatic N) is 1. The number of carbonyl (C=O) groups excluding carboxylic acids is 1. The molecule has 2 unspecified atom stereocenters. The molecular weight excluding hydrogens is 437 g/mol. The maximum atomic E-state index is 13.1. The Kier molecular flexibility index (Phi) is 6.35. The Morgan fingerprint density at radius 1 is 1.03 bits per heavy atom. The van der Waals surface area contributed by atoms with Crippen LogP contribution in [0.1, 0.15) is 34.3 Å². The zero-order valence-corrected chi connectivity index (χ0v) is 17.3. The lowest BCUT2D eigenvalue weighted by molar-refractivity contribution is -0.140. The molecule has 172 valence electrons. The highest BCUT2D eigenvalue weighted by molar-refractivity contribution is 5.79. The number of aromatic nitrogens is 1. The molecule has 0 saturated carbocycles. The second kappa shape index (κ2) is 9.21. The Hall–Kier alpha value is -3.43. The van der Waals surface area contributed by atoms with Crippen molar-refractivity contribution < 1.29 is 32.9 Å². The van der Waals surface area contributed by atoms with Gasteiger partial charge in [0.1, 0.15) is 18.8 Å². The fraction of sp³-hybridized carbons (Fsp3) is 0.250. The third-order valence-electron chi connectivity index (χ3n) is 5.64. The predicted molar refractivity (Wildman–Crippen MR) is 113 cm³/mol. The quantitative estimate of drug-likeness (QED) is 0.519. The van der Waals surface area contributed by atoms with Gasteiger partial charge in [0.2, 0.25) is 0 Å². The summed E-state index contributed by atoms with van der Waals surface area (Å²) in [5.41, 5.74) is 2.50. The third-order valence-corrected chi connectivity index (χ3v) is 5.64. The molecule has 3 N–H and O–H groups in total. The molecule has 6 nitrogen and oxygen atoms in total. The number of hydrogen-bond acceptors (Lipinski definition) is 5. The molecule has 0 radical (unpaired) electrons. The van der Waals surface area contributed by atoms with E-state index in [1.807, 2.05) is 48.5 Å². The summed E-state index contributed by atoms with van der Waals surface area (Å²) >= 11 is 0. The molecule has 33 heavy (non-hydrogen) atoms. The summed E-state index contributed by atoms with van der Waals surface area (Å²) < 4.78 is 44.7. The van der Waals surface area contributed by atoms with E-state index in [1.165, 1.54) is 0 Å². The van der Waals surface area contributed by atoms with Gasteiger partial charge >= 0.3 is 12.3 Å². The first-order valence-corrected chi connectivity index (χ1v) is 10.2. The maximum absolute atomic E-state index is 13.1. The summed E-state index contributed by atoms with van der Waals surface area (Å²) in [7, 11) is 0. The summed E-state index contributed by atoms with van der Waals surface area (Å²) in [5.74, 6) is -0.164. The summed E-state index contributed by atoms with van der Waals surface area (Å²) in [4.78, 5) is 15.8. The molecule has 9 heteroatoms. The number of alkyl halides is 3. The van der Waals surface area contributed by atoms with Gasteiger partial charge in [0.15, 0.2) is 0 Å². The number of hydrogen-bond donors (Lipinski definition) is 3. The van der Waals surface area contributed by atoms with E-state index in [2.05, 4.69) is 10.3 Å². The first-order chi connectivity index (χ1) is 15.8. The summed E-state index contributed by atoms with van der Waals surface area (Å²) in [6.45, 7) is -0.469. The summed E-state index contributed by atoms with van der Waals surface area (Å²) in [6.07, 6.45) is -7.39. The summed E-state index contributed by atoms with van der Waals surface area (Å²) in [5, 5.41) is 22.6. The first-order valence-electron chi connectivity index (χ1n) is 10.2. The normalized spacial score (nSPS) is 14.8. The predicted octanol–water partition coefficient (Wildman–Crippen LogP) is 4.03. The van der Waals surface area contributed by atoms with E-state index < -0.39 is 42.1 Å².